The minimum atomic E-state index is 0.502. The normalized spacial score (nSPS) is 12.6. The number of pyridine rings is 1. The molecule has 2 nitrogen and oxygen atoms in total. The van der Waals surface area contributed by atoms with Gasteiger partial charge in [0, 0.05) is 17.6 Å². The molecule has 2 rings (SSSR count). The van der Waals surface area contributed by atoms with E-state index in [1.54, 1.807) is 0 Å². The van der Waals surface area contributed by atoms with Crippen LogP contribution in [0.5, 0.6) is 0 Å². The van der Waals surface area contributed by atoms with E-state index >= 15 is 0 Å². The van der Waals surface area contributed by atoms with Crippen molar-refractivity contribution in [3.63, 3.8) is 0 Å². The fourth-order valence-corrected chi connectivity index (χ4v) is 2.07. The highest BCUT2D eigenvalue weighted by atomic mass is 14.9. The summed E-state index contributed by atoms with van der Waals surface area (Å²) in [6, 6.07) is 10.9. The lowest BCUT2D eigenvalue weighted by atomic mass is 10.1. The van der Waals surface area contributed by atoms with Crippen molar-refractivity contribution in [1.82, 2.24) is 4.98 Å². The largest absolute Gasteiger partial charge is 0.381 e. The van der Waals surface area contributed by atoms with Crippen LogP contribution < -0.4 is 5.32 Å². The number of aromatic nitrogens is 1. The van der Waals surface area contributed by atoms with Gasteiger partial charge in [0.2, 0.25) is 0 Å². The first kappa shape index (κ1) is 11.9. The molecule has 0 radical (unpaired) electrons. The van der Waals surface area contributed by atoms with Crippen molar-refractivity contribution >= 4 is 16.6 Å². The Bertz CT molecular complexity index is 474. The quantitative estimate of drug-likeness (QED) is 0.828. The Morgan fingerprint density at radius 1 is 1.24 bits per heavy atom. The van der Waals surface area contributed by atoms with Crippen molar-refractivity contribution < 1.29 is 0 Å². The average molecular weight is 228 g/mol. The van der Waals surface area contributed by atoms with Crippen LogP contribution >= 0.6 is 0 Å². The summed E-state index contributed by atoms with van der Waals surface area (Å²) in [6.45, 7) is 4.46. The van der Waals surface area contributed by atoms with E-state index in [2.05, 4.69) is 48.4 Å². The Morgan fingerprint density at radius 2 is 2.06 bits per heavy atom. The predicted octanol–water partition coefficient (Wildman–Crippen LogP) is 4.23. The van der Waals surface area contributed by atoms with Gasteiger partial charge >= 0.3 is 0 Å². The molecule has 2 heteroatoms. The van der Waals surface area contributed by atoms with Crippen molar-refractivity contribution in [3.8, 4) is 0 Å². The molecule has 17 heavy (non-hydrogen) atoms. The number of anilines is 1. The van der Waals surface area contributed by atoms with Gasteiger partial charge in [0.15, 0.2) is 0 Å². The van der Waals surface area contributed by atoms with Crippen LogP contribution in [0, 0.1) is 0 Å². The fraction of sp³-hybridized carbons (Fsp3) is 0.400. The standard InChI is InChI=1S/C15H20N2/c1-3-4-7-12(2)17-14-10-5-8-13-9-6-11-16-15(13)14/h5-6,8-12,17H,3-4,7H2,1-2H3. The Labute approximate surface area is 103 Å². The molecule has 1 heterocycles. The Hall–Kier alpha value is -1.57. The molecule has 1 unspecified atom stereocenters. The summed E-state index contributed by atoms with van der Waals surface area (Å²) in [6.07, 6.45) is 5.58. The second-order valence-electron chi connectivity index (χ2n) is 4.57. The molecule has 90 valence electrons. The highest BCUT2D eigenvalue weighted by Gasteiger charge is 2.05. The summed E-state index contributed by atoms with van der Waals surface area (Å²) in [7, 11) is 0. The minimum Gasteiger partial charge on any atom is -0.381 e. The van der Waals surface area contributed by atoms with E-state index in [0.29, 0.717) is 6.04 Å². The molecule has 2 aromatic rings. The van der Waals surface area contributed by atoms with Gasteiger partial charge in [-0.05, 0) is 25.5 Å². The topological polar surface area (TPSA) is 24.9 Å². The van der Waals surface area contributed by atoms with Gasteiger partial charge < -0.3 is 5.32 Å². The number of hydrogen-bond acceptors (Lipinski definition) is 2. The van der Waals surface area contributed by atoms with Crippen LogP contribution in [-0.4, -0.2) is 11.0 Å². The maximum Gasteiger partial charge on any atom is 0.0933 e. The summed E-state index contributed by atoms with van der Waals surface area (Å²) in [5, 5.41) is 4.75. The molecular formula is C15H20N2. The van der Waals surface area contributed by atoms with E-state index in [1.807, 2.05) is 12.3 Å². The molecule has 0 saturated heterocycles. The van der Waals surface area contributed by atoms with Gasteiger partial charge in [0.1, 0.15) is 0 Å². The zero-order valence-corrected chi connectivity index (χ0v) is 10.6. The van der Waals surface area contributed by atoms with Gasteiger partial charge in [0.25, 0.3) is 0 Å². The highest BCUT2D eigenvalue weighted by molar-refractivity contribution is 5.90. The van der Waals surface area contributed by atoms with Gasteiger partial charge in [-0.15, -0.1) is 0 Å². The summed E-state index contributed by atoms with van der Waals surface area (Å²) in [5.41, 5.74) is 2.21. The predicted molar refractivity (Wildman–Crippen MR) is 74.4 cm³/mol. The van der Waals surface area contributed by atoms with Crippen LogP contribution in [-0.2, 0) is 0 Å². The van der Waals surface area contributed by atoms with Crippen LogP contribution in [0.25, 0.3) is 10.9 Å². The number of benzene rings is 1. The molecule has 1 N–H and O–H groups in total. The second kappa shape index (κ2) is 5.67. The summed E-state index contributed by atoms with van der Waals surface area (Å²) in [5.74, 6) is 0. The van der Waals surface area contributed by atoms with Gasteiger partial charge in [0.05, 0.1) is 11.2 Å². The van der Waals surface area contributed by atoms with Crippen LogP contribution in [0.4, 0.5) is 5.69 Å². The summed E-state index contributed by atoms with van der Waals surface area (Å²) < 4.78 is 0. The second-order valence-corrected chi connectivity index (χ2v) is 4.57. The lowest BCUT2D eigenvalue weighted by molar-refractivity contribution is 0.645. The number of nitrogens with one attached hydrogen (secondary N) is 1. The molecule has 1 aromatic heterocycles. The summed E-state index contributed by atoms with van der Waals surface area (Å²) in [4.78, 5) is 4.45. The zero-order valence-electron chi connectivity index (χ0n) is 10.6. The maximum absolute atomic E-state index is 4.45. The SMILES string of the molecule is CCCCC(C)Nc1cccc2cccnc12. The first-order valence-corrected chi connectivity index (χ1v) is 6.41. The highest BCUT2D eigenvalue weighted by Crippen LogP contribution is 2.22. The fourth-order valence-electron chi connectivity index (χ4n) is 2.07. The lowest BCUT2D eigenvalue weighted by Crippen LogP contribution is -2.15. The molecule has 0 fully saturated rings. The molecule has 0 spiro atoms. The molecule has 0 bridgehead atoms. The molecule has 0 amide bonds. The van der Waals surface area contributed by atoms with Crippen LogP contribution in [0.2, 0.25) is 0 Å². The number of rotatable bonds is 5. The third-order valence-electron chi connectivity index (χ3n) is 3.03. The van der Waals surface area contributed by atoms with Crippen molar-refractivity contribution in [2.45, 2.75) is 39.2 Å². The van der Waals surface area contributed by atoms with Crippen LogP contribution in [0.15, 0.2) is 36.5 Å². The monoisotopic (exact) mass is 228 g/mol. The van der Waals surface area contributed by atoms with E-state index in [9.17, 15) is 0 Å². The van der Waals surface area contributed by atoms with Gasteiger partial charge in [-0.25, -0.2) is 0 Å². The number of hydrogen-bond donors (Lipinski definition) is 1. The Morgan fingerprint density at radius 3 is 2.88 bits per heavy atom. The molecule has 0 aliphatic carbocycles. The van der Waals surface area contributed by atoms with Crippen LogP contribution in [0.3, 0.4) is 0 Å². The first-order valence-electron chi connectivity index (χ1n) is 6.41. The van der Waals surface area contributed by atoms with Crippen molar-refractivity contribution in [2.75, 3.05) is 5.32 Å². The molecule has 0 aliphatic heterocycles. The van der Waals surface area contributed by atoms with E-state index in [4.69, 9.17) is 0 Å². The summed E-state index contributed by atoms with van der Waals surface area (Å²) >= 11 is 0. The van der Waals surface area contributed by atoms with Gasteiger partial charge in [-0.3, -0.25) is 4.98 Å². The van der Waals surface area contributed by atoms with E-state index < -0.39 is 0 Å². The molecule has 0 aliphatic rings. The third kappa shape index (κ3) is 2.96. The zero-order chi connectivity index (χ0) is 12.1. The molecular weight excluding hydrogens is 208 g/mol. The third-order valence-corrected chi connectivity index (χ3v) is 3.03. The Kier molecular flexibility index (Phi) is 3.97. The smallest absolute Gasteiger partial charge is 0.0933 e. The molecule has 0 saturated carbocycles. The number of fused-ring (bicyclic) bond motifs is 1. The van der Waals surface area contributed by atoms with Crippen LogP contribution in [0.1, 0.15) is 33.1 Å². The first-order chi connectivity index (χ1) is 8.31. The van der Waals surface area contributed by atoms with Gasteiger partial charge in [-0.2, -0.15) is 0 Å². The van der Waals surface area contributed by atoms with Gasteiger partial charge in [-0.1, -0.05) is 38.0 Å². The lowest BCUT2D eigenvalue weighted by Gasteiger charge is -2.16. The number of nitrogens with zero attached hydrogens (tertiary/aromatic N) is 1. The van der Waals surface area contributed by atoms with Crippen molar-refractivity contribution in [2.24, 2.45) is 0 Å². The molecule has 1 atom stereocenters. The van der Waals surface area contributed by atoms with E-state index in [0.717, 1.165) is 11.2 Å². The maximum atomic E-state index is 4.45. The number of para-hydroxylation sites is 1. The molecule has 1 aromatic carbocycles. The van der Waals surface area contributed by atoms with Crippen molar-refractivity contribution in [3.05, 3.63) is 36.5 Å². The van der Waals surface area contributed by atoms with E-state index in [-0.39, 0.29) is 0 Å². The van der Waals surface area contributed by atoms with Crippen molar-refractivity contribution in [1.29, 1.82) is 0 Å². The minimum absolute atomic E-state index is 0.502. The Balaban J connectivity index is 2.18. The van der Waals surface area contributed by atoms with E-state index in [1.165, 1.54) is 24.6 Å². The number of unbranched alkanes of at least 4 members (excludes halogenated alkanes) is 1. The average Bonchev–Trinajstić information content (AvgIpc) is 2.37.